The highest BCUT2D eigenvalue weighted by Gasteiger charge is 2.21. The molecular weight excluding hydrogens is 324 g/mol. The summed E-state index contributed by atoms with van der Waals surface area (Å²) < 4.78 is 1.23. The highest BCUT2D eigenvalue weighted by Crippen LogP contribution is 2.25. The highest BCUT2D eigenvalue weighted by atomic mass is 32.2. The molecule has 0 aliphatic heterocycles. The van der Waals surface area contributed by atoms with Crippen LogP contribution >= 0.6 is 23.1 Å². The van der Waals surface area contributed by atoms with Crippen molar-refractivity contribution < 1.29 is 4.79 Å². The average molecular weight is 349 g/mol. The summed E-state index contributed by atoms with van der Waals surface area (Å²) in [6.07, 6.45) is 7.52. The zero-order chi connectivity index (χ0) is 16.1. The van der Waals surface area contributed by atoms with Crippen molar-refractivity contribution in [1.29, 1.82) is 0 Å². The topological polar surface area (TPSA) is 33.2 Å². The van der Waals surface area contributed by atoms with E-state index in [1.165, 1.54) is 43.2 Å². The number of thiazole rings is 1. The molecule has 0 N–H and O–H groups in total. The molecule has 124 valence electrons. The first kappa shape index (κ1) is 16.8. The van der Waals surface area contributed by atoms with Gasteiger partial charge in [-0.3, -0.25) is 4.79 Å². The monoisotopic (exact) mass is 348 g/mol. The van der Waals surface area contributed by atoms with Gasteiger partial charge in [-0.25, -0.2) is 4.98 Å². The zero-order valence-electron chi connectivity index (χ0n) is 13.7. The Kier molecular flexibility index (Phi) is 5.95. The number of carbonyl (C=O) groups excluding carboxylic acids is 1. The Bertz CT molecular complexity index is 614. The van der Waals surface area contributed by atoms with Gasteiger partial charge in [-0.2, -0.15) is 0 Å². The van der Waals surface area contributed by atoms with Gasteiger partial charge in [0.05, 0.1) is 16.0 Å². The Morgan fingerprint density at radius 1 is 1.26 bits per heavy atom. The summed E-state index contributed by atoms with van der Waals surface area (Å²) in [6, 6.07) is 8.66. The molecule has 0 spiro atoms. The number of hydrogen-bond donors (Lipinski definition) is 0. The number of fused-ring (bicyclic) bond motifs is 1. The van der Waals surface area contributed by atoms with Crippen molar-refractivity contribution >= 4 is 39.2 Å². The second-order valence-electron chi connectivity index (χ2n) is 6.22. The second kappa shape index (κ2) is 8.15. The lowest BCUT2D eigenvalue weighted by molar-refractivity contribution is -0.129. The largest absolute Gasteiger partial charge is 0.342 e. The van der Waals surface area contributed by atoms with E-state index in [0.29, 0.717) is 11.8 Å². The van der Waals surface area contributed by atoms with Crippen LogP contribution in [0.4, 0.5) is 0 Å². The maximum absolute atomic E-state index is 12.4. The molecule has 1 aliphatic carbocycles. The highest BCUT2D eigenvalue weighted by molar-refractivity contribution is 7.99. The quantitative estimate of drug-likeness (QED) is 0.734. The first-order chi connectivity index (χ1) is 11.2. The van der Waals surface area contributed by atoms with E-state index in [1.54, 1.807) is 23.1 Å². The molecule has 0 radical (unpaired) electrons. The Morgan fingerprint density at radius 2 is 2.00 bits per heavy atom. The van der Waals surface area contributed by atoms with Crippen LogP contribution in [0, 0.1) is 0 Å². The number of thioether (sulfide) groups is 1. The molecule has 1 amide bonds. The van der Waals surface area contributed by atoms with Gasteiger partial charge in [-0.1, -0.05) is 37.8 Å². The summed E-state index contributed by atoms with van der Waals surface area (Å²) in [5.41, 5.74) is 1.06. The first-order valence-corrected chi connectivity index (χ1v) is 10.4. The minimum Gasteiger partial charge on any atom is -0.342 e. The van der Waals surface area contributed by atoms with Crippen LogP contribution in [0.1, 0.15) is 43.5 Å². The fourth-order valence-corrected chi connectivity index (χ4v) is 5.13. The van der Waals surface area contributed by atoms with E-state index in [1.807, 2.05) is 30.1 Å². The Labute approximate surface area is 146 Å². The lowest BCUT2D eigenvalue weighted by Crippen LogP contribution is -2.37. The summed E-state index contributed by atoms with van der Waals surface area (Å²) in [5.74, 6) is 1.65. The van der Waals surface area contributed by atoms with Crippen LogP contribution in [0.15, 0.2) is 24.3 Å². The summed E-state index contributed by atoms with van der Waals surface area (Å²) in [5, 5.41) is 1.11. The van der Waals surface area contributed by atoms with E-state index < -0.39 is 0 Å². The molecule has 2 aromatic rings. The van der Waals surface area contributed by atoms with Gasteiger partial charge in [0.15, 0.2) is 0 Å². The number of hydrogen-bond acceptors (Lipinski definition) is 4. The van der Waals surface area contributed by atoms with Crippen LogP contribution in [0.25, 0.3) is 10.2 Å². The molecule has 1 aromatic heterocycles. The van der Waals surface area contributed by atoms with Crippen LogP contribution in [-0.2, 0) is 10.5 Å². The smallest absolute Gasteiger partial charge is 0.232 e. The van der Waals surface area contributed by atoms with E-state index in [9.17, 15) is 4.79 Å². The van der Waals surface area contributed by atoms with Crippen LogP contribution < -0.4 is 0 Å². The molecule has 0 bridgehead atoms. The minimum absolute atomic E-state index is 0.267. The maximum atomic E-state index is 12.4. The molecular formula is C18H24N2OS2. The van der Waals surface area contributed by atoms with E-state index in [4.69, 9.17) is 0 Å². The standard InChI is InChI=1S/C18H24N2OS2/c1-20(14-8-4-2-3-5-9-14)18(21)13-22-12-17-19-15-10-6-7-11-16(15)23-17/h6-7,10-11,14H,2-5,8-9,12-13H2,1H3. The fourth-order valence-electron chi connectivity index (χ4n) is 3.16. The number of para-hydroxylation sites is 1. The zero-order valence-corrected chi connectivity index (χ0v) is 15.3. The lowest BCUT2D eigenvalue weighted by Gasteiger charge is -2.27. The Balaban J connectivity index is 1.48. The van der Waals surface area contributed by atoms with Crippen LogP contribution in [0.2, 0.25) is 0 Å². The lowest BCUT2D eigenvalue weighted by atomic mass is 10.1. The van der Waals surface area contributed by atoms with Crippen molar-refractivity contribution in [2.24, 2.45) is 0 Å². The number of nitrogens with zero attached hydrogens (tertiary/aromatic N) is 2. The summed E-state index contributed by atoms with van der Waals surface area (Å²) in [6.45, 7) is 0. The van der Waals surface area contributed by atoms with Gasteiger partial charge in [-0.05, 0) is 25.0 Å². The number of aromatic nitrogens is 1. The summed E-state index contributed by atoms with van der Waals surface area (Å²) >= 11 is 3.42. The Morgan fingerprint density at radius 3 is 2.74 bits per heavy atom. The molecule has 3 rings (SSSR count). The molecule has 0 saturated heterocycles. The van der Waals surface area contributed by atoms with Crippen molar-refractivity contribution in [3.05, 3.63) is 29.3 Å². The van der Waals surface area contributed by atoms with Crippen LogP contribution in [0.3, 0.4) is 0 Å². The van der Waals surface area contributed by atoms with Gasteiger partial charge in [0.2, 0.25) is 5.91 Å². The molecule has 1 heterocycles. The third-order valence-corrected chi connectivity index (χ3v) is 6.70. The molecule has 1 aliphatic rings. The predicted octanol–water partition coefficient (Wildman–Crippen LogP) is 4.71. The van der Waals surface area contributed by atoms with Gasteiger partial charge in [0, 0.05) is 18.8 Å². The van der Waals surface area contributed by atoms with Gasteiger partial charge in [0.1, 0.15) is 5.01 Å². The SMILES string of the molecule is CN(C(=O)CSCc1nc2ccccc2s1)C1CCCCCC1. The van der Waals surface area contributed by atoms with Gasteiger partial charge >= 0.3 is 0 Å². The molecule has 0 unspecified atom stereocenters. The fraction of sp³-hybridized carbons (Fsp3) is 0.556. The summed E-state index contributed by atoms with van der Waals surface area (Å²) in [4.78, 5) is 19.0. The number of amides is 1. The van der Waals surface area contributed by atoms with Gasteiger partial charge in [-0.15, -0.1) is 23.1 Å². The van der Waals surface area contributed by atoms with Gasteiger partial charge < -0.3 is 4.90 Å². The van der Waals surface area contributed by atoms with Crippen LogP contribution in [0.5, 0.6) is 0 Å². The van der Waals surface area contributed by atoms with Crippen molar-refractivity contribution in [2.45, 2.75) is 50.3 Å². The van der Waals surface area contributed by atoms with E-state index in [0.717, 1.165) is 16.3 Å². The average Bonchev–Trinajstić information content (AvgIpc) is 2.78. The predicted molar refractivity (Wildman–Crippen MR) is 100 cm³/mol. The second-order valence-corrected chi connectivity index (χ2v) is 8.32. The van der Waals surface area contributed by atoms with Crippen molar-refractivity contribution in [3.8, 4) is 0 Å². The molecule has 23 heavy (non-hydrogen) atoms. The van der Waals surface area contributed by atoms with Crippen molar-refractivity contribution in [3.63, 3.8) is 0 Å². The molecule has 1 fully saturated rings. The number of benzene rings is 1. The number of rotatable bonds is 5. The normalized spacial score (nSPS) is 16.4. The molecule has 3 nitrogen and oxygen atoms in total. The third kappa shape index (κ3) is 4.48. The van der Waals surface area contributed by atoms with Gasteiger partial charge in [0.25, 0.3) is 0 Å². The first-order valence-electron chi connectivity index (χ1n) is 8.42. The third-order valence-electron chi connectivity index (χ3n) is 4.56. The number of carbonyl (C=O) groups is 1. The van der Waals surface area contributed by atoms with Crippen molar-refractivity contribution in [1.82, 2.24) is 9.88 Å². The van der Waals surface area contributed by atoms with E-state index in [-0.39, 0.29) is 5.91 Å². The molecule has 0 atom stereocenters. The maximum Gasteiger partial charge on any atom is 0.232 e. The molecule has 1 aromatic carbocycles. The minimum atomic E-state index is 0.267. The van der Waals surface area contributed by atoms with Crippen LogP contribution in [-0.4, -0.2) is 34.6 Å². The van der Waals surface area contributed by atoms with E-state index in [2.05, 4.69) is 11.1 Å². The summed E-state index contributed by atoms with van der Waals surface area (Å²) in [7, 11) is 1.98. The van der Waals surface area contributed by atoms with E-state index >= 15 is 0 Å². The Hall–Kier alpha value is -1.07. The molecule has 1 saturated carbocycles. The van der Waals surface area contributed by atoms with Crippen molar-refractivity contribution in [2.75, 3.05) is 12.8 Å². The molecule has 5 heteroatoms.